The van der Waals surface area contributed by atoms with Gasteiger partial charge < -0.3 is 5.11 Å². The molecule has 0 bridgehead atoms. The zero-order chi connectivity index (χ0) is 10.4. The minimum absolute atomic E-state index is 0.0898. The van der Waals surface area contributed by atoms with Gasteiger partial charge in [-0.05, 0) is 12.1 Å². The maximum absolute atomic E-state index is 10.7. The van der Waals surface area contributed by atoms with Gasteiger partial charge in [0.15, 0.2) is 10.7 Å². The number of benzene rings is 1. The summed E-state index contributed by atoms with van der Waals surface area (Å²) in [6, 6.07) is 7.83. The Kier molecular flexibility index (Phi) is 1.58. The number of carboxylic acids is 1. The van der Waals surface area contributed by atoms with E-state index in [1.807, 2.05) is 28.7 Å². The van der Waals surface area contributed by atoms with Crippen LogP contribution in [-0.2, 0) is 0 Å². The lowest BCUT2D eigenvalue weighted by Crippen LogP contribution is -1.95. The summed E-state index contributed by atoms with van der Waals surface area (Å²) in [7, 11) is 0. The van der Waals surface area contributed by atoms with Crippen LogP contribution in [-0.4, -0.2) is 20.5 Å². The van der Waals surface area contributed by atoms with Gasteiger partial charge in [0.1, 0.15) is 0 Å². The summed E-state index contributed by atoms with van der Waals surface area (Å²) in [6.07, 6.45) is 1.55. The number of rotatable bonds is 1. The van der Waals surface area contributed by atoms with Crippen molar-refractivity contribution in [1.82, 2.24) is 9.38 Å². The molecule has 3 aromatic rings. The van der Waals surface area contributed by atoms with Gasteiger partial charge in [-0.15, -0.1) is 0 Å². The van der Waals surface area contributed by atoms with Crippen molar-refractivity contribution in [2.45, 2.75) is 0 Å². The first-order valence-electron chi connectivity index (χ1n) is 4.35. The third-order valence-corrected chi connectivity index (χ3v) is 3.25. The summed E-state index contributed by atoms with van der Waals surface area (Å²) < 4.78 is 2.92. The molecule has 0 atom stereocenters. The minimum atomic E-state index is -0.991. The molecule has 3 rings (SSSR count). The van der Waals surface area contributed by atoms with Crippen molar-refractivity contribution in [2.24, 2.45) is 0 Å². The second-order valence-corrected chi connectivity index (χ2v) is 4.16. The van der Waals surface area contributed by atoms with E-state index < -0.39 is 5.97 Å². The van der Waals surface area contributed by atoms with E-state index in [0.29, 0.717) is 4.96 Å². The maximum Gasteiger partial charge on any atom is 0.356 e. The second-order valence-electron chi connectivity index (χ2n) is 3.15. The number of fused-ring (bicyclic) bond motifs is 3. The third kappa shape index (κ3) is 1.13. The highest BCUT2D eigenvalue weighted by Crippen LogP contribution is 2.25. The first-order chi connectivity index (χ1) is 7.25. The number of aromatic nitrogens is 2. The number of imidazole rings is 1. The van der Waals surface area contributed by atoms with E-state index in [1.165, 1.54) is 11.3 Å². The Morgan fingerprint density at radius 1 is 1.40 bits per heavy atom. The number of hydrogen-bond acceptors (Lipinski definition) is 3. The van der Waals surface area contributed by atoms with Gasteiger partial charge in [0.25, 0.3) is 0 Å². The first kappa shape index (κ1) is 8.43. The predicted molar refractivity (Wildman–Crippen MR) is 57.5 cm³/mol. The van der Waals surface area contributed by atoms with Crippen LogP contribution in [0.15, 0.2) is 30.5 Å². The highest BCUT2D eigenvalue weighted by atomic mass is 32.1. The fraction of sp³-hybridized carbons (Fsp3) is 0. The van der Waals surface area contributed by atoms with E-state index in [1.54, 1.807) is 6.20 Å². The molecule has 0 aliphatic carbocycles. The molecule has 0 amide bonds. The van der Waals surface area contributed by atoms with Crippen LogP contribution in [0.3, 0.4) is 0 Å². The zero-order valence-corrected chi connectivity index (χ0v) is 8.36. The van der Waals surface area contributed by atoms with Crippen molar-refractivity contribution >= 4 is 32.5 Å². The molecular weight excluding hydrogens is 212 g/mol. The summed E-state index contributed by atoms with van der Waals surface area (Å²) in [6.45, 7) is 0. The highest BCUT2D eigenvalue weighted by Gasteiger charge is 2.12. The zero-order valence-electron chi connectivity index (χ0n) is 7.54. The monoisotopic (exact) mass is 218 g/mol. The SMILES string of the molecule is O=C(O)c1cn2c(n1)sc1ccccc12. The topological polar surface area (TPSA) is 54.6 Å². The summed E-state index contributed by atoms with van der Waals surface area (Å²) in [5.41, 5.74) is 1.09. The Bertz CT molecular complexity index is 668. The molecule has 1 aromatic carbocycles. The molecule has 0 spiro atoms. The smallest absolute Gasteiger partial charge is 0.356 e. The number of hydrogen-bond donors (Lipinski definition) is 1. The van der Waals surface area contributed by atoms with Gasteiger partial charge in [0.05, 0.1) is 10.2 Å². The van der Waals surface area contributed by atoms with Crippen LogP contribution >= 0.6 is 11.3 Å². The standard InChI is InChI=1S/C10H6N2O2S/c13-9(14)6-5-12-7-3-1-2-4-8(7)15-10(12)11-6/h1-5H,(H,13,14). The molecule has 1 N–H and O–H groups in total. The molecule has 0 unspecified atom stereocenters. The molecule has 0 aliphatic heterocycles. The van der Waals surface area contributed by atoms with Crippen LogP contribution in [0.2, 0.25) is 0 Å². The Morgan fingerprint density at radius 3 is 3.00 bits per heavy atom. The lowest BCUT2D eigenvalue weighted by atomic mass is 10.3. The summed E-state index contributed by atoms with van der Waals surface area (Å²) in [5, 5.41) is 8.81. The molecule has 0 fully saturated rings. The van der Waals surface area contributed by atoms with Crippen molar-refractivity contribution in [3.63, 3.8) is 0 Å². The van der Waals surface area contributed by atoms with Crippen molar-refractivity contribution in [1.29, 1.82) is 0 Å². The lowest BCUT2D eigenvalue weighted by molar-refractivity contribution is 0.0691. The number of nitrogens with zero attached hydrogens (tertiary/aromatic N) is 2. The molecule has 5 heteroatoms. The molecule has 74 valence electrons. The average Bonchev–Trinajstić information content (AvgIpc) is 2.73. The molecule has 2 heterocycles. The second kappa shape index (κ2) is 2.80. The van der Waals surface area contributed by atoms with Gasteiger partial charge in [-0.25, -0.2) is 9.78 Å². The fourth-order valence-corrected chi connectivity index (χ4v) is 2.56. The number of carbonyl (C=O) groups is 1. The summed E-state index contributed by atoms with van der Waals surface area (Å²) in [5.74, 6) is -0.991. The van der Waals surface area contributed by atoms with Crippen LogP contribution in [0.1, 0.15) is 10.5 Å². The number of aromatic carboxylic acids is 1. The van der Waals surface area contributed by atoms with Crippen molar-refractivity contribution < 1.29 is 9.90 Å². The van der Waals surface area contributed by atoms with Crippen LogP contribution in [0.5, 0.6) is 0 Å². The quantitative estimate of drug-likeness (QED) is 0.681. The van der Waals surface area contributed by atoms with E-state index in [-0.39, 0.29) is 5.69 Å². The maximum atomic E-state index is 10.7. The van der Waals surface area contributed by atoms with Gasteiger partial charge in [0, 0.05) is 6.20 Å². The van der Waals surface area contributed by atoms with Gasteiger partial charge >= 0.3 is 5.97 Å². The minimum Gasteiger partial charge on any atom is -0.476 e. The van der Waals surface area contributed by atoms with E-state index in [9.17, 15) is 4.79 Å². The van der Waals surface area contributed by atoms with Crippen LogP contribution in [0.25, 0.3) is 15.2 Å². The first-order valence-corrected chi connectivity index (χ1v) is 5.17. The lowest BCUT2D eigenvalue weighted by Gasteiger charge is -1.88. The normalized spacial score (nSPS) is 11.2. The Hall–Kier alpha value is -1.88. The van der Waals surface area contributed by atoms with Gasteiger partial charge in [-0.1, -0.05) is 23.5 Å². The van der Waals surface area contributed by atoms with E-state index >= 15 is 0 Å². The predicted octanol–water partition coefficient (Wildman–Crippen LogP) is 2.25. The van der Waals surface area contributed by atoms with Gasteiger partial charge in [-0.3, -0.25) is 4.40 Å². The Morgan fingerprint density at radius 2 is 2.20 bits per heavy atom. The van der Waals surface area contributed by atoms with E-state index in [0.717, 1.165) is 10.2 Å². The molecule has 0 aliphatic rings. The van der Waals surface area contributed by atoms with Crippen LogP contribution < -0.4 is 0 Å². The molecular formula is C10H6N2O2S. The van der Waals surface area contributed by atoms with Crippen molar-refractivity contribution in [2.75, 3.05) is 0 Å². The molecule has 15 heavy (non-hydrogen) atoms. The number of thiazole rings is 1. The Balaban J connectivity index is 2.42. The highest BCUT2D eigenvalue weighted by molar-refractivity contribution is 7.23. The molecule has 0 saturated heterocycles. The molecule has 2 aromatic heterocycles. The molecule has 4 nitrogen and oxygen atoms in total. The third-order valence-electron chi connectivity index (χ3n) is 2.22. The van der Waals surface area contributed by atoms with Gasteiger partial charge in [0.2, 0.25) is 0 Å². The van der Waals surface area contributed by atoms with Crippen LogP contribution in [0, 0.1) is 0 Å². The number of carboxylic acid groups (broad SMARTS) is 1. The fourth-order valence-electron chi connectivity index (χ4n) is 1.55. The average molecular weight is 218 g/mol. The largest absolute Gasteiger partial charge is 0.476 e. The van der Waals surface area contributed by atoms with Crippen molar-refractivity contribution in [3.05, 3.63) is 36.2 Å². The Labute approximate surface area is 88.4 Å². The summed E-state index contributed by atoms with van der Waals surface area (Å²) in [4.78, 5) is 15.5. The van der Waals surface area contributed by atoms with Crippen molar-refractivity contribution in [3.8, 4) is 0 Å². The molecule has 0 saturated carbocycles. The van der Waals surface area contributed by atoms with E-state index in [2.05, 4.69) is 4.98 Å². The van der Waals surface area contributed by atoms with Gasteiger partial charge in [-0.2, -0.15) is 0 Å². The van der Waals surface area contributed by atoms with Crippen LogP contribution in [0.4, 0.5) is 0 Å². The molecule has 0 radical (unpaired) electrons. The summed E-state index contributed by atoms with van der Waals surface area (Å²) >= 11 is 1.49. The number of para-hydroxylation sites is 1. The van der Waals surface area contributed by atoms with E-state index in [4.69, 9.17) is 5.11 Å².